The number of nitrogens with zero attached hydrogens (tertiary/aromatic N) is 3. The number of urea groups is 1. The van der Waals surface area contributed by atoms with E-state index in [9.17, 15) is 9.59 Å². The first kappa shape index (κ1) is 13.1. The molecule has 1 spiro atoms. The van der Waals surface area contributed by atoms with Crippen LogP contribution in [0.3, 0.4) is 0 Å². The predicted molar refractivity (Wildman–Crippen MR) is 79.5 cm³/mol. The number of likely N-dealkylation sites (N-methyl/N-ethyl adjacent to an activating group) is 1. The smallest absolute Gasteiger partial charge is 0.324 e. The molecule has 4 rings (SSSR count). The molecule has 0 aliphatic carbocycles. The third kappa shape index (κ3) is 1.78. The van der Waals surface area contributed by atoms with Crippen molar-refractivity contribution < 1.29 is 14.0 Å². The summed E-state index contributed by atoms with van der Waals surface area (Å²) in [5.74, 6) is -0.144. The largest absolute Gasteiger partial charge is 0.423 e. The van der Waals surface area contributed by atoms with Crippen LogP contribution in [0.1, 0.15) is 12.8 Å². The third-order valence-electron chi connectivity index (χ3n) is 4.53. The van der Waals surface area contributed by atoms with Crippen molar-refractivity contribution in [3.05, 3.63) is 24.3 Å². The Hall–Kier alpha value is -2.57. The number of piperidine rings is 1. The summed E-state index contributed by atoms with van der Waals surface area (Å²) >= 11 is 0. The van der Waals surface area contributed by atoms with Gasteiger partial charge in [0, 0.05) is 20.1 Å². The van der Waals surface area contributed by atoms with Crippen LogP contribution in [-0.4, -0.2) is 47.5 Å². The zero-order chi connectivity index (χ0) is 15.3. The van der Waals surface area contributed by atoms with Gasteiger partial charge in [0.05, 0.1) is 0 Å². The summed E-state index contributed by atoms with van der Waals surface area (Å²) in [7, 11) is 1.51. The standard InChI is InChI=1S/C15H16N4O3/c1-18-12(20)15(17-13(18)21)6-8-19(9-7-15)14-16-10-4-2-3-5-11(10)22-14/h2-5H,6-9H2,1H3,(H,17,21). The van der Waals surface area contributed by atoms with Crippen LogP contribution in [0.5, 0.6) is 0 Å². The van der Waals surface area contributed by atoms with Gasteiger partial charge in [-0.25, -0.2) is 4.79 Å². The zero-order valence-corrected chi connectivity index (χ0v) is 12.2. The van der Waals surface area contributed by atoms with Crippen molar-refractivity contribution in [2.45, 2.75) is 18.4 Å². The van der Waals surface area contributed by atoms with Crippen LogP contribution in [-0.2, 0) is 4.79 Å². The molecule has 0 saturated carbocycles. The van der Waals surface area contributed by atoms with E-state index in [-0.39, 0.29) is 11.9 Å². The molecule has 0 unspecified atom stereocenters. The van der Waals surface area contributed by atoms with Gasteiger partial charge in [0.25, 0.3) is 11.9 Å². The maximum Gasteiger partial charge on any atom is 0.324 e. The molecule has 7 heteroatoms. The first-order chi connectivity index (χ1) is 10.6. The van der Waals surface area contributed by atoms with Crippen molar-refractivity contribution in [1.82, 2.24) is 15.2 Å². The molecule has 2 aromatic rings. The highest BCUT2D eigenvalue weighted by Crippen LogP contribution is 2.31. The molecule has 22 heavy (non-hydrogen) atoms. The first-order valence-electron chi connectivity index (χ1n) is 7.30. The number of carbonyl (C=O) groups is 2. The Labute approximate surface area is 126 Å². The molecule has 0 bridgehead atoms. The Morgan fingerprint density at radius 3 is 2.59 bits per heavy atom. The number of fused-ring (bicyclic) bond motifs is 1. The first-order valence-corrected chi connectivity index (χ1v) is 7.30. The monoisotopic (exact) mass is 300 g/mol. The van der Waals surface area contributed by atoms with E-state index < -0.39 is 5.54 Å². The van der Waals surface area contributed by atoms with E-state index in [1.54, 1.807) is 0 Å². The highest BCUT2D eigenvalue weighted by molar-refractivity contribution is 6.06. The minimum atomic E-state index is -0.756. The Morgan fingerprint density at radius 2 is 1.95 bits per heavy atom. The normalized spacial score (nSPS) is 21.0. The van der Waals surface area contributed by atoms with Crippen LogP contribution in [0.4, 0.5) is 10.8 Å². The second kappa shape index (κ2) is 4.46. The lowest BCUT2D eigenvalue weighted by Gasteiger charge is -2.36. The van der Waals surface area contributed by atoms with E-state index in [2.05, 4.69) is 10.3 Å². The van der Waals surface area contributed by atoms with Crippen LogP contribution < -0.4 is 10.2 Å². The fourth-order valence-electron chi connectivity index (χ4n) is 3.17. The number of anilines is 1. The van der Waals surface area contributed by atoms with Crippen LogP contribution >= 0.6 is 0 Å². The number of hydrogen-bond acceptors (Lipinski definition) is 5. The number of hydrogen-bond donors (Lipinski definition) is 1. The molecule has 0 radical (unpaired) electrons. The highest BCUT2D eigenvalue weighted by atomic mass is 16.4. The predicted octanol–water partition coefficient (Wildman–Crippen LogP) is 1.35. The van der Waals surface area contributed by atoms with Crippen molar-refractivity contribution in [3.8, 4) is 0 Å². The van der Waals surface area contributed by atoms with Crippen molar-refractivity contribution in [2.24, 2.45) is 0 Å². The SMILES string of the molecule is CN1C(=O)NC2(CCN(c3nc4ccccc4o3)CC2)C1=O. The average Bonchev–Trinajstić information content (AvgIpc) is 3.05. The molecule has 2 aliphatic heterocycles. The van der Waals surface area contributed by atoms with E-state index in [1.165, 1.54) is 7.05 Å². The van der Waals surface area contributed by atoms with Crippen LogP contribution in [0.2, 0.25) is 0 Å². The van der Waals surface area contributed by atoms with Crippen molar-refractivity contribution in [3.63, 3.8) is 0 Å². The maximum absolute atomic E-state index is 12.3. The molecular weight excluding hydrogens is 284 g/mol. The number of oxazole rings is 1. The number of rotatable bonds is 1. The fraction of sp³-hybridized carbons (Fsp3) is 0.400. The Balaban J connectivity index is 1.54. The summed E-state index contributed by atoms with van der Waals surface area (Å²) in [5, 5.41) is 2.83. The van der Waals surface area contributed by atoms with Crippen LogP contribution in [0, 0.1) is 0 Å². The second-order valence-corrected chi connectivity index (χ2v) is 5.83. The molecule has 1 aromatic carbocycles. The average molecular weight is 300 g/mol. The zero-order valence-electron chi connectivity index (χ0n) is 12.2. The minimum absolute atomic E-state index is 0.144. The molecule has 3 amide bonds. The molecule has 2 saturated heterocycles. The third-order valence-corrected chi connectivity index (χ3v) is 4.53. The number of nitrogens with one attached hydrogen (secondary N) is 1. The second-order valence-electron chi connectivity index (χ2n) is 5.83. The number of imide groups is 1. The molecular formula is C15H16N4O3. The van der Waals surface area contributed by atoms with Gasteiger partial charge >= 0.3 is 6.03 Å². The van der Waals surface area contributed by atoms with Crippen LogP contribution in [0.15, 0.2) is 28.7 Å². The molecule has 0 atom stereocenters. The van der Waals surface area contributed by atoms with Crippen molar-refractivity contribution in [2.75, 3.05) is 25.0 Å². The van der Waals surface area contributed by atoms with Gasteiger partial charge in [-0.15, -0.1) is 0 Å². The van der Waals surface area contributed by atoms with Crippen LogP contribution in [0.25, 0.3) is 11.1 Å². The van der Waals surface area contributed by atoms with Crippen molar-refractivity contribution >= 4 is 29.1 Å². The molecule has 1 N–H and O–H groups in total. The molecule has 114 valence electrons. The molecule has 2 fully saturated rings. The van der Waals surface area contributed by atoms with Crippen molar-refractivity contribution in [1.29, 1.82) is 0 Å². The van der Waals surface area contributed by atoms with E-state index in [0.717, 1.165) is 16.0 Å². The fourth-order valence-corrected chi connectivity index (χ4v) is 3.17. The molecule has 3 heterocycles. The topological polar surface area (TPSA) is 78.7 Å². The Kier molecular flexibility index (Phi) is 2.66. The molecule has 7 nitrogen and oxygen atoms in total. The quantitative estimate of drug-likeness (QED) is 0.804. The van der Waals surface area contributed by atoms with E-state index in [1.807, 2.05) is 29.2 Å². The summed E-state index contributed by atoms with van der Waals surface area (Å²) in [6, 6.07) is 7.87. The summed E-state index contributed by atoms with van der Waals surface area (Å²) in [4.78, 5) is 31.6. The minimum Gasteiger partial charge on any atom is -0.423 e. The summed E-state index contributed by atoms with van der Waals surface area (Å²) < 4.78 is 5.76. The lowest BCUT2D eigenvalue weighted by molar-refractivity contribution is -0.131. The van der Waals surface area contributed by atoms with Gasteiger partial charge < -0.3 is 14.6 Å². The summed E-state index contributed by atoms with van der Waals surface area (Å²) in [5.41, 5.74) is 0.819. The van der Waals surface area contributed by atoms with Gasteiger partial charge in [0.2, 0.25) is 0 Å². The number of carbonyl (C=O) groups excluding carboxylic acids is 2. The maximum atomic E-state index is 12.3. The number of aromatic nitrogens is 1. The van der Waals surface area contributed by atoms with Gasteiger partial charge in [-0.2, -0.15) is 4.98 Å². The van der Waals surface area contributed by atoms with Gasteiger partial charge in [-0.05, 0) is 25.0 Å². The Morgan fingerprint density at radius 1 is 1.23 bits per heavy atom. The van der Waals surface area contributed by atoms with E-state index >= 15 is 0 Å². The summed E-state index contributed by atoms with van der Waals surface area (Å²) in [6.45, 7) is 1.24. The van der Waals surface area contributed by atoms with Gasteiger partial charge in [0.15, 0.2) is 5.58 Å². The van der Waals surface area contributed by atoms with Gasteiger partial charge in [-0.1, -0.05) is 12.1 Å². The van der Waals surface area contributed by atoms with E-state index in [4.69, 9.17) is 4.42 Å². The van der Waals surface area contributed by atoms with Gasteiger partial charge in [0.1, 0.15) is 11.1 Å². The lowest BCUT2D eigenvalue weighted by Crippen LogP contribution is -2.55. The van der Waals surface area contributed by atoms with E-state index in [0.29, 0.717) is 31.9 Å². The highest BCUT2D eigenvalue weighted by Gasteiger charge is 2.51. The number of para-hydroxylation sites is 2. The molecule has 2 aliphatic rings. The molecule has 1 aromatic heterocycles. The lowest BCUT2D eigenvalue weighted by atomic mass is 9.87. The number of amides is 3. The summed E-state index contributed by atoms with van der Waals surface area (Å²) in [6.07, 6.45) is 1.11. The Bertz CT molecular complexity index is 728. The number of benzene rings is 1. The van der Waals surface area contributed by atoms with Gasteiger partial charge in [-0.3, -0.25) is 9.69 Å².